The molecule has 1 heterocycles. The van der Waals surface area contributed by atoms with Gasteiger partial charge in [-0.1, -0.05) is 19.3 Å². The van der Waals surface area contributed by atoms with Gasteiger partial charge in [-0.05, 0) is 12.8 Å². The lowest BCUT2D eigenvalue weighted by Crippen LogP contribution is -2.32. The second kappa shape index (κ2) is 9.52. The zero-order valence-corrected chi connectivity index (χ0v) is 14.3. The lowest BCUT2D eigenvalue weighted by molar-refractivity contribution is 0.190. The lowest BCUT2D eigenvalue weighted by atomic mass is 9.95. The van der Waals surface area contributed by atoms with Crippen molar-refractivity contribution in [3.8, 4) is 0 Å². The maximum absolute atomic E-state index is 6.33. The highest BCUT2D eigenvalue weighted by molar-refractivity contribution is 5.75. The Morgan fingerprint density at radius 1 is 1.13 bits per heavy atom. The SMILES string of the molecule is COCCN(CCOC)c1ncnc(NC2CCCCC2)c1N. The Bertz CT molecular complexity index is 458. The molecule has 3 N–H and O–H groups in total. The van der Waals surface area contributed by atoms with Crippen molar-refractivity contribution < 1.29 is 9.47 Å². The molecule has 0 unspecified atom stereocenters. The van der Waals surface area contributed by atoms with Gasteiger partial charge in [-0.3, -0.25) is 0 Å². The Hall–Kier alpha value is -1.60. The summed E-state index contributed by atoms with van der Waals surface area (Å²) in [6.45, 7) is 2.64. The van der Waals surface area contributed by atoms with E-state index in [9.17, 15) is 0 Å². The van der Waals surface area contributed by atoms with E-state index < -0.39 is 0 Å². The number of hydrogen-bond donors (Lipinski definition) is 2. The number of ether oxygens (including phenoxy) is 2. The largest absolute Gasteiger partial charge is 0.393 e. The summed E-state index contributed by atoms with van der Waals surface area (Å²) in [7, 11) is 3.38. The average molecular weight is 323 g/mol. The van der Waals surface area contributed by atoms with Crippen LogP contribution in [0.15, 0.2) is 6.33 Å². The number of nitrogens with two attached hydrogens (primary N) is 1. The molecule has 0 atom stereocenters. The third kappa shape index (κ3) is 5.21. The highest BCUT2D eigenvalue weighted by Crippen LogP contribution is 2.28. The molecule has 0 aromatic carbocycles. The highest BCUT2D eigenvalue weighted by atomic mass is 16.5. The minimum absolute atomic E-state index is 0.459. The van der Waals surface area contributed by atoms with Crippen LogP contribution in [0.1, 0.15) is 32.1 Å². The van der Waals surface area contributed by atoms with Gasteiger partial charge in [0, 0.05) is 33.4 Å². The molecule has 7 nitrogen and oxygen atoms in total. The summed E-state index contributed by atoms with van der Waals surface area (Å²) in [6.07, 6.45) is 7.78. The van der Waals surface area contributed by atoms with E-state index in [2.05, 4.69) is 20.2 Å². The Balaban J connectivity index is 2.11. The number of aromatic nitrogens is 2. The lowest BCUT2D eigenvalue weighted by Gasteiger charge is -2.27. The molecule has 1 fully saturated rings. The highest BCUT2D eigenvalue weighted by Gasteiger charge is 2.18. The van der Waals surface area contributed by atoms with E-state index in [1.54, 1.807) is 20.5 Å². The monoisotopic (exact) mass is 323 g/mol. The minimum atomic E-state index is 0.459. The van der Waals surface area contributed by atoms with Crippen LogP contribution in [0.3, 0.4) is 0 Å². The summed E-state index contributed by atoms with van der Waals surface area (Å²) in [6, 6.07) is 0.459. The standard InChI is InChI=1S/C16H29N5O2/c1-22-10-8-21(9-11-23-2)16-14(17)15(18-12-19-16)20-13-6-4-3-5-7-13/h12-13H,3-11,17H2,1-2H3,(H,18,19,20). The molecule has 1 aromatic rings. The molecule has 1 aromatic heterocycles. The van der Waals surface area contributed by atoms with Crippen LogP contribution >= 0.6 is 0 Å². The topological polar surface area (TPSA) is 85.5 Å². The summed E-state index contributed by atoms with van der Waals surface area (Å²) in [4.78, 5) is 10.8. The summed E-state index contributed by atoms with van der Waals surface area (Å²) >= 11 is 0. The number of nitrogens with zero attached hydrogens (tertiary/aromatic N) is 3. The summed E-state index contributed by atoms with van der Waals surface area (Å²) < 4.78 is 10.4. The van der Waals surface area contributed by atoms with Crippen LogP contribution in [0.5, 0.6) is 0 Å². The second-order valence-electron chi connectivity index (χ2n) is 5.91. The molecule has 0 aliphatic heterocycles. The molecule has 1 aliphatic carbocycles. The number of nitrogen functional groups attached to an aromatic ring is 1. The van der Waals surface area contributed by atoms with Crippen molar-refractivity contribution in [3.63, 3.8) is 0 Å². The molecule has 0 bridgehead atoms. The summed E-state index contributed by atoms with van der Waals surface area (Å²) in [5.41, 5.74) is 6.94. The average Bonchev–Trinajstić information content (AvgIpc) is 2.58. The summed E-state index contributed by atoms with van der Waals surface area (Å²) in [5.74, 6) is 1.48. The van der Waals surface area contributed by atoms with Crippen molar-refractivity contribution in [1.82, 2.24) is 9.97 Å². The first-order chi connectivity index (χ1) is 11.3. The Kier molecular flexibility index (Phi) is 7.35. The van der Waals surface area contributed by atoms with Crippen LogP contribution in [0, 0.1) is 0 Å². The third-order valence-electron chi connectivity index (χ3n) is 4.24. The Morgan fingerprint density at radius 2 is 1.78 bits per heavy atom. The van der Waals surface area contributed by atoms with E-state index in [0.29, 0.717) is 38.0 Å². The van der Waals surface area contributed by atoms with Crippen molar-refractivity contribution in [1.29, 1.82) is 0 Å². The number of anilines is 3. The van der Waals surface area contributed by atoms with Gasteiger partial charge in [-0.15, -0.1) is 0 Å². The molecule has 0 radical (unpaired) electrons. The van der Waals surface area contributed by atoms with Crippen LogP contribution in [0.25, 0.3) is 0 Å². The first-order valence-electron chi connectivity index (χ1n) is 8.36. The van der Waals surface area contributed by atoms with Gasteiger partial charge in [-0.2, -0.15) is 0 Å². The quantitative estimate of drug-likeness (QED) is 0.718. The molecule has 23 heavy (non-hydrogen) atoms. The normalized spacial score (nSPS) is 15.6. The molecule has 130 valence electrons. The van der Waals surface area contributed by atoms with E-state index >= 15 is 0 Å². The van der Waals surface area contributed by atoms with Gasteiger partial charge in [0.1, 0.15) is 12.0 Å². The molecule has 1 aliphatic rings. The van der Waals surface area contributed by atoms with E-state index in [0.717, 1.165) is 11.6 Å². The maximum Gasteiger partial charge on any atom is 0.157 e. The second-order valence-corrected chi connectivity index (χ2v) is 5.91. The van der Waals surface area contributed by atoms with E-state index in [1.807, 2.05) is 0 Å². The summed E-state index contributed by atoms with van der Waals surface area (Å²) in [5, 5.41) is 3.49. The predicted octanol–water partition coefficient (Wildman–Crippen LogP) is 1.90. The first kappa shape index (κ1) is 17.7. The van der Waals surface area contributed by atoms with Crippen molar-refractivity contribution in [2.75, 3.05) is 56.5 Å². The van der Waals surface area contributed by atoms with Crippen LogP contribution in [-0.2, 0) is 9.47 Å². The zero-order chi connectivity index (χ0) is 16.5. The van der Waals surface area contributed by atoms with Crippen molar-refractivity contribution >= 4 is 17.3 Å². The van der Waals surface area contributed by atoms with E-state index in [1.165, 1.54) is 32.1 Å². The molecular weight excluding hydrogens is 294 g/mol. The molecular formula is C16H29N5O2. The smallest absolute Gasteiger partial charge is 0.157 e. The Morgan fingerprint density at radius 3 is 2.39 bits per heavy atom. The van der Waals surface area contributed by atoms with Crippen molar-refractivity contribution in [2.45, 2.75) is 38.1 Å². The first-order valence-corrected chi connectivity index (χ1v) is 8.36. The van der Waals surface area contributed by atoms with E-state index in [4.69, 9.17) is 15.2 Å². The number of hydrogen-bond acceptors (Lipinski definition) is 7. The number of methoxy groups -OCH3 is 2. The van der Waals surface area contributed by atoms with Gasteiger partial charge < -0.3 is 25.4 Å². The minimum Gasteiger partial charge on any atom is -0.393 e. The molecule has 7 heteroatoms. The Labute approximate surface area is 138 Å². The van der Waals surface area contributed by atoms with Crippen molar-refractivity contribution in [3.05, 3.63) is 6.33 Å². The molecule has 0 spiro atoms. The van der Waals surface area contributed by atoms with Crippen LogP contribution < -0.4 is 16.0 Å². The van der Waals surface area contributed by atoms with Gasteiger partial charge in [0.25, 0.3) is 0 Å². The maximum atomic E-state index is 6.33. The number of rotatable bonds is 9. The van der Waals surface area contributed by atoms with Crippen LogP contribution in [0.4, 0.5) is 17.3 Å². The third-order valence-corrected chi connectivity index (χ3v) is 4.24. The molecule has 0 amide bonds. The molecule has 0 saturated heterocycles. The molecule has 2 rings (SSSR count). The van der Waals surface area contributed by atoms with Crippen molar-refractivity contribution in [2.24, 2.45) is 0 Å². The van der Waals surface area contributed by atoms with Gasteiger partial charge in [0.05, 0.1) is 13.2 Å². The van der Waals surface area contributed by atoms with Gasteiger partial charge in [-0.25, -0.2) is 9.97 Å². The fourth-order valence-electron chi connectivity index (χ4n) is 2.92. The fraction of sp³-hybridized carbons (Fsp3) is 0.750. The fourth-order valence-corrected chi connectivity index (χ4v) is 2.92. The van der Waals surface area contributed by atoms with Crippen LogP contribution in [0.2, 0.25) is 0 Å². The van der Waals surface area contributed by atoms with Gasteiger partial charge in [0.2, 0.25) is 0 Å². The zero-order valence-electron chi connectivity index (χ0n) is 14.3. The predicted molar refractivity (Wildman–Crippen MR) is 92.9 cm³/mol. The van der Waals surface area contributed by atoms with Crippen LogP contribution in [-0.4, -0.2) is 56.5 Å². The number of nitrogens with one attached hydrogen (secondary N) is 1. The molecule has 1 saturated carbocycles. The van der Waals surface area contributed by atoms with E-state index in [-0.39, 0.29) is 0 Å². The van der Waals surface area contributed by atoms with Gasteiger partial charge >= 0.3 is 0 Å². The van der Waals surface area contributed by atoms with Gasteiger partial charge in [0.15, 0.2) is 11.6 Å².